The summed E-state index contributed by atoms with van der Waals surface area (Å²) >= 11 is 0. The Kier molecular flexibility index (Phi) is 5.87. The number of amides is 1. The number of likely N-dealkylation sites (tertiary alicyclic amines) is 1. The number of carbonyl (C=O) groups excluding carboxylic acids is 1. The van der Waals surface area contributed by atoms with Gasteiger partial charge in [-0.25, -0.2) is 14.1 Å². The van der Waals surface area contributed by atoms with Gasteiger partial charge in [0.25, 0.3) is 0 Å². The highest BCUT2D eigenvalue weighted by Gasteiger charge is 2.31. The van der Waals surface area contributed by atoms with Gasteiger partial charge in [0, 0.05) is 24.7 Å². The normalized spacial score (nSPS) is 16.8. The summed E-state index contributed by atoms with van der Waals surface area (Å²) in [6.07, 6.45) is 2.23. The molecule has 1 aliphatic heterocycles. The fourth-order valence-electron chi connectivity index (χ4n) is 3.98. The van der Waals surface area contributed by atoms with E-state index in [0.29, 0.717) is 24.5 Å². The van der Waals surface area contributed by atoms with Gasteiger partial charge in [-0.05, 0) is 64.2 Å². The van der Waals surface area contributed by atoms with E-state index in [2.05, 4.69) is 12.0 Å². The molecule has 0 aliphatic carbocycles. The van der Waals surface area contributed by atoms with Crippen molar-refractivity contribution in [3.8, 4) is 0 Å². The van der Waals surface area contributed by atoms with Gasteiger partial charge in [0.1, 0.15) is 5.60 Å². The topological polar surface area (TPSA) is 84.1 Å². The van der Waals surface area contributed by atoms with Gasteiger partial charge in [0.2, 0.25) is 0 Å². The molecule has 158 valence electrons. The summed E-state index contributed by atoms with van der Waals surface area (Å²) in [5, 5.41) is 14.3. The average molecular weight is 402 g/mol. The summed E-state index contributed by atoms with van der Waals surface area (Å²) < 4.78 is 7.28. The molecule has 3 heterocycles. The molecule has 29 heavy (non-hydrogen) atoms. The molecule has 1 saturated heterocycles. The zero-order chi connectivity index (χ0) is 21.3. The summed E-state index contributed by atoms with van der Waals surface area (Å²) in [6.45, 7) is 11.1. The number of carbonyl (C=O) groups is 2. The molecule has 1 N–H and O–H groups in total. The summed E-state index contributed by atoms with van der Waals surface area (Å²) in [7, 11) is 0. The fourth-order valence-corrected chi connectivity index (χ4v) is 3.98. The number of ether oxygens (including phenoxy) is 1. The van der Waals surface area contributed by atoms with Crippen LogP contribution in [0.4, 0.5) is 4.79 Å². The van der Waals surface area contributed by atoms with Crippen LogP contribution in [0.15, 0.2) is 18.2 Å². The van der Waals surface area contributed by atoms with E-state index in [1.165, 1.54) is 0 Å². The minimum atomic E-state index is -0.938. The number of rotatable bonds is 4. The molecular formula is C22H31N3O4. The van der Waals surface area contributed by atoms with Gasteiger partial charge in [-0.15, -0.1) is 0 Å². The first-order valence-corrected chi connectivity index (χ1v) is 10.3. The van der Waals surface area contributed by atoms with Crippen molar-refractivity contribution < 1.29 is 19.4 Å². The smallest absolute Gasteiger partial charge is 0.410 e. The second-order valence-electron chi connectivity index (χ2n) is 8.86. The van der Waals surface area contributed by atoms with E-state index in [-0.39, 0.29) is 17.6 Å². The van der Waals surface area contributed by atoms with Gasteiger partial charge in [0.15, 0.2) is 0 Å². The largest absolute Gasteiger partial charge is 0.478 e. The number of carboxylic acids is 1. The minimum absolute atomic E-state index is 0.135. The molecule has 1 atom stereocenters. The Morgan fingerprint density at radius 2 is 1.93 bits per heavy atom. The second-order valence-corrected chi connectivity index (χ2v) is 8.86. The Hall–Kier alpha value is -2.57. The Bertz CT molecular complexity index is 905. The SMILES string of the molecule is CCc1ccc2c(C(=O)O)cc(C(C)C3CCN(C(=O)OC(C)(C)C)CC3)n2n1. The Morgan fingerprint density at radius 1 is 1.28 bits per heavy atom. The molecule has 0 aromatic carbocycles. The molecule has 1 fully saturated rings. The maximum atomic E-state index is 12.3. The number of aromatic carboxylic acids is 1. The first-order valence-electron chi connectivity index (χ1n) is 10.3. The second kappa shape index (κ2) is 8.05. The van der Waals surface area contributed by atoms with Crippen molar-refractivity contribution >= 4 is 17.6 Å². The number of piperidine rings is 1. The summed E-state index contributed by atoms with van der Waals surface area (Å²) in [4.78, 5) is 25.8. The Labute approximate surface area is 171 Å². The van der Waals surface area contributed by atoms with Crippen molar-refractivity contribution in [3.05, 3.63) is 35.2 Å². The summed E-state index contributed by atoms with van der Waals surface area (Å²) in [5.74, 6) is -0.455. The van der Waals surface area contributed by atoms with E-state index >= 15 is 0 Å². The van der Waals surface area contributed by atoms with Gasteiger partial charge in [0.05, 0.1) is 16.8 Å². The van der Waals surface area contributed by atoms with E-state index in [1.54, 1.807) is 15.5 Å². The number of aromatic nitrogens is 2. The highest BCUT2D eigenvalue weighted by molar-refractivity contribution is 5.96. The first-order chi connectivity index (χ1) is 13.6. The number of hydrogen-bond acceptors (Lipinski definition) is 4. The third-order valence-corrected chi connectivity index (χ3v) is 5.66. The number of nitrogens with zero attached hydrogens (tertiary/aromatic N) is 3. The molecule has 1 amide bonds. The van der Waals surface area contributed by atoms with Crippen molar-refractivity contribution in [2.24, 2.45) is 5.92 Å². The zero-order valence-electron chi connectivity index (χ0n) is 17.9. The van der Waals surface area contributed by atoms with Crippen molar-refractivity contribution in [2.45, 2.75) is 65.4 Å². The van der Waals surface area contributed by atoms with Crippen molar-refractivity contribution in [1.82, 2.24) is 14.5 Å². The van der Waals surface area contributed by atoms with Crippen LogP contribution in [0, 0.1) is 5.92 Å². The third-order valence-electron chi connectivity index (χ3n) is 5.66. The monoisotopic (exact) mass is 401 g/mol. The van der Waals surface area contributed by atoms with Crippen LogP contribution in [0.3, 0.4) is 0 Å². The number of aryl methyl sites for hydroxylation is 1. The van der Waals surface area contributed by atoms with Crippen LogP contribution in [0.1, 0.15) is 75.1 Å². The first kappa shape index (κ1) is 21.1. The van der Waals surface area contributed by atoms with E-state index in [9.17, 15) is 14.7 Å². The van der Waals surface area contributed by atoms with Crippen LogP contribution in [-0.4, -0.2) is 50.4 Å². The van der Waals surface area contributed by atoms with Crippen molar-refractivity contribution in [3.63, 3.8) is 0 Å². The highest BCUT2D eigenvalue weighted by atomic mass is 16.6. The lowest BCUT2D eigenvalue weighted by atomic mass is 9.83. The lowest BCUT2D eigenvalue weighted by molar-refractivity contribution is 0.0175. The minimum Gasteiger partial charge on any atom is -0.478 e. The molecule has 3 rings (SSSR count). The predicted octanol–water partition coefficient (Wildman–Crippen LogP) is 4.35. The Morgan fingerprint density at radius 3 is 2.48 bits per heavy atom. The highest BCUT2D eigenvalue weighted by Crippen LogP contribution is 2.34. The van der Waals surface area contributed by atoms with E-state index in [4.69, 9.17) is 4.74 Å². The van der Waals surface area contributed by atoms with Crippen LogP contribution < -0.4 is 0 Å². The number of carboxylic acid groups (broad SMARTS) is 1. The Balaban J connectivity index is 1.79. The predicted molar refractivity (Wildman–Crippen MR) is 110 cm³/mol. The maximum Gasteiger partial charge on any atom is 0.410 e. The molecular weight excluding hydrogens is 370 g/mol. The number of hydrogen-bond donors (Lipinski definition) is 1. The lowest BCUT2D eigenvalue weighted by Crippen LogP contribution is -2.42. The molecule has 7 heteroatoms. The molecule has 1 unspecified atom stereocenters. The molecule has 0 radical (unpaired) electrons. The van der Waals surface area contributed by atoms with E-state index < -0.39 is 11.6 Å². The van der Waals surface area contributed by atoms with Gasteiger partial charge in [-0.3, -0.25) is 0 Å². The fraction of sp³-hybridized carbons (Fsp3) is 0.591. The standard InChI is InChI=1S/C22H31N3O4/c1-6-16-7-8-18-17(20(26)27)13-19(25(18)23-16)14(2)15-9-11-24(12-10-15)21(28)29-22(3,4)5/h7-8,13-15H,6,9-12H2,1-5H3,(H,26,27). The summed E-state index contributed by atoms with van der Waals surface area (Å²) in [6, 6.07) is 5.49. The molecule has 7 nitrogen and oxygen atoms in total. The van der Waals surface area contributed by atoms with Gasteiger partial charge in [-0.1, -0.05) is 13.8 Å². The molecule has 0 saturated carbocycles. The maximum absolute atomic E-state index is 12.3. The van der Waals surface area contributed by atoms with E-state index in [0.717, 1.165) is 30.7 Å². The molecule has 1 aliphatic rings. The summed E-state index contributed by atoms with van der Waals surface area (Å²) in [5.41, 5.74) is 2.26. The molecule has 2 aromatic heterocycles. The van der Waals surface area contributed by atoms with E-state index in [1.807, 2.05) is 39.8 Å². The van der Waals surface area contributed by atoms with Crippen molar-refractivity contribution in [2.75, 3.05) is 13.1 Å². The van der Waals surface area contributed by atoms with Crippen LogP contribution in [0.5, 0.6) is 0 Å². The molecule has 0 spiro atoms. The molecule has 0 bridgehead atoms. The van der Waals surface area contributed by atoms with Gasteiger partial charge in [-0.2, -0.15) is 5.10 Å². The van der Waals surface area contributed by atoms with Gasteiger partial charge >= 0.3 is 12.1 Å². The molecule has 2 aromatic rings. The van der Waals surface area contributed by atoms with Crippen LogP contribution in [0.2, 0.25) is 0 Å². The quantitative estimate of drug-likeness (QED) is 0.824. The van der Waals surface area contributed by atoms with Gasteiger partial charge < -0.3 is 14.7 Å². The average Bonchev–Trinajstić information content (AvgIpc) is 3.05. The van der Waals surface area contributed by atoms with Crippen LogP contribution >= 0.6 is 0 Å². The third kappa shape index (κ3) is 4.54. The number of fused-ring (bicyclic) bond motifs is 1. The lowest BCUT2D eigenvalue weighted by Gasteiger charge is -2.35. The van der Waals surface area contributed by atoms with Crippen LogP contribution in [0.25, 0.3) is 5.52 Å². The van der Waals surface area contributed by atoms with Crippen LogP contribution in [-0.2, 0) is 11.2 Å². The zero-order valence-corrected chi connectivity index (χ0v) is 17.9. The van der Waals surface area contributed by atoms with Crippen molar-refractivity contribution in [1.29, 1.82) is 0 Å².